The molecule has 3 heterocycles. The summed E-state index contributed by atoms with van der Waals surface area (Å²) >= 11 is 0. The molecule has 3 aliphatic heterocycles. The van der Waals surface area contributed by atoms with Crippen LogP contribution in [0.1, 0.15) is 38.5 Å². The Balaban J connectivity index is 1.50. The lowest BCUT2D eigenvalue weighted by atomic mass is 9.88. The molecule has 0 radical (unpaired) electrons. The summed E-state index contributed by atoms with van der Waals surface area (Å²) in [5.41, 5.74) is -0.295. The topological polar surface area (TPSA) is 94.5 Å². The van der Waals surface area contributed by atoms with Crippen molar-refractivity contribution in [3.05, 3.63) is 0 Å². The first-order valence-corrected chi connectivity index (χ1v) is 9.98. The van der Waals surface area contributed by atoms with Gasteiger partial charge in [0.05, 0.1) is 19.0 Å². The van der Waals surface area contributed by atoms with E-state index in [1.165, 1.54) is 11.4 Å². The van der Waals surface area contributed by atoms with Gasteiger partial charge in [-0.1, -0.05) is 5.16 Å². The summed E-state index contributed by atoms with van der Waals surface area (Å²) in [4.78, 5) is 17.0. The summed E-state index contributed by atoms with van der Waals surface area (Å²) in [5.74, 6) is -0.367. The third-order valence-corrected chi connectivity index (χ3v) is 6.91. The molecule has 3 aliphatic rings. The van der Waals surface area contributed by atoms with Crippen molar-refractivity contribution in [3.63, 3.8) is 0 Å². The Kier molecular flexibility index (Phi) is 5.12. The zero-order valence-electron chi connectivity index (χ0n) is 13.9. The number of sulfonamides is 1. The molecule has 0 amide bonds. The van der Waals surface area contributed by atoms with Crippen molar-refractivity contribution in [1.29, 1.82) is 0 Å². The van der Waals surface area contributed by atoms with Gasteiger partial charge in [-0.25, -0.2) is 17.5 Å². The van der Waals surface area contributed by atoms with E-state index in [1.54, 1.807) is 0 Å². The monoisotopic (exact) mass is 360 g/mol. The Morgan fingerprint density at radius 2 is 2.17 bits per heavy atom. The van der Waals surface area contributed by atoms with E-state index in [9.17, 15) is 13.2 Å². The third-order valence-electron chi connectivity index (χ3n) is 5.01. The Labute approximate surface area is 142 Å². The van der Waals surface area contributed by atoms with Gasteiger partial charge in [-0.05, 0) is 19.3 Å². The second kappa shape index (κ2) is 6.97. The van der Waals surface area contributed by atoms with Crippen LogP contribution in [0.3, 0.4) is 0 Å². The normalized spacial score (nSPS) is 27.0. The van der Waals surface area contributed by atoms with Crippen LogP contribution in [0.25, 0.3) is 0 Å². The Bertz CT molecular complexity index is 603. The molecule has 0 bridgehead atoms. The maximum absolute atomic E-state index is 12.5. The van der Waals surface area contributed by atoms with Crippen molar-refractivity contribution >= 4 is 21.7 Å². The minimum atomic E-state index is -3.28. The van der Waals surface area contributed by atoms with E-state index in [2.05, 4.69) is 9.89 Å². The number of piperidine rings is 1. The zero-order chi connectivity index (χ0) is 17.2. The second-order valence-corrected chi connectivity index (χ2v) is 8.71. The largest absolute Gasteiger partial charge is 0.464 e. The Morgan fingerprint density at radius 1 is 1.42 bits per heavy atom. The second-order valence-electron chi connectivity index (χ2n) is 6.62. The molecular formula is C15H24N2O6S. The molecule has 2 saturated heterocycles. The lowest BCUT2D eigenvalue weighted by molar-refractivity contribution is -0.132. The number of carbonyl (C=O) groups excluding carboxylic acids is 1. The highest BCUT2D eigenvalue weighted by Gasteiger charge is 2.45. The molecule has 0 unspecified atom stereocenters. The van der Waals surface area contributed by atoms with Crippen LogP contribution in [0.4, 0.5) is 0 Å². The molecule has 8 nitrogen and oxygen atoms in total. The number of hydrogen-bond donors (Lipinski definition) is 0. The predicted octanol–water partition coefficient (Wildman–Crippen LogP) is 0.669. The molecule has 9 heteroatoms. The molecule has 24 heavy (non-hydrogen) atoms. The number of methoxy groups -OCH3 is 1. The highest BCUT2D eigenvalue weighted by atomic mass is 32.2. The highest BCUT2D eigenvalue weighted by Crippen LogP contribution is 2.35. The first-order chi connectivity index (χ1) is 11.4. The van der Waals surface area contributed by atoms with Crippen LogP contribution in [0, 0.1) is 0 Å². The maximum atomic E-state index is 12.5. The third kappa shape index (κ3) is 3.73. The summed E-state index contributed by atoms with van der Waals surface area (Å²) in [5, 5.41) is 3.82. The molecule has 0 aliphatic carbocycles. The van der Waals surface area contributed by atoms with E-state index >= 15 is 0 Å². The van der Waals surface area contributed by atoms with Gasteiger partial charge in [-0.3, -0.25) is 0 Å². The average Bonchev–Trinajstić information content (AvgIpc) is 3.23. The van der Waals surface area contributed by atoms with Crippen molar-refractivity contribution in [2.75, 3.05) is 32.6 Å². The lowest BCUT2D eigenvalue weighted by Gasteiger charge is -2.36. The van der Waals surface area contributed by atoms with E-state index in [0.717, 1.165) is 19.4 Å². The maximum Gasteiger partial charge on any atom is 0.355 e. The fourth-order valence-corrected chi connectivity index (χ4v) is 5.03. The molecule has 0 aromatic carbocycles. The minimum Gasteiger partial charge on any atom is -0.464 e. The van der Waals surface area contributed by atoms with Crippen LogP contribution >= 0.6 is 0 Å². The van der Waals surface area contributed by atoms with Crippen molar-refractivity contribution in [2.45, 2.75) is 50.2 Å². The number of nitrogens with zero attached hydrogens (tertiary/aromatic N) is 2. The summed E-state index contributed by atoms with van der Waals surface area (Å²) in [7, 11) is -1.98. The van der Waals surface area contributed by atoms with Gasteiger partial charge in [0.25, 0.3) is 0 Å². The fraction of sp³-hybridized carbons (Fsp3) is 0.867. The van der Waals surface area contributed by atoms with E-state index in [-0.39, 0.29) is 17.6 Å². The van der Waals surface area contributed by atoms with E-state index in [0.29, 0.717) is 38.8 Å². The molecule has 0 aromatic rings. The molecule has 2 fully saturated rings. The molecule has 1 atom stereocenters. The van der Waals surface area contributed by atoms with Crippen molar-refractivity contribution in [3.8, 4) is 0 Å². The number of hydrogen-bond acceptors (Lipinski definition) is 7. The Hall–Kier alpha value is -1.19. The van der Waals surface area contributed by atoms with Gasteiger partial charge in [-0.15, -0.1) is 0 Å². The number of esters is 1. The van der Waals surface area contributed by atoms with Crippen LogP contribution in [-0.4, -0.2) is 68.7 Å². The van der Waals surface area contributed by atoms with Gasteiger partial charge < -0.3 is 14.3 Å². The molecule has 1 spiro atoms. The first kappa shape index (κ1) is 17.6. The molecule has 0 aromatic heterocycles. The minimum absolute atomic E-state index is 0.0742. The molecular weight excluding hydrogens is 336 g/mol. The van der Waals surface area contributed by atoms with Crippen molar-refractivity contribution < 1.29 is 27.5 Å². The van der Waals surface area contributed by atoms with Gasteiger partial charge in [0, 0.05) is 39.0 Å². The van der Waals surface area contributed by atoms with Crippen LogP contribution in [0.2, 0.25) is 0 Å². The number of carbonyl (C=O) groups is 1. The summed E-state index contributed by atoms with van der Waals surface area (Å²) in [6, 6.07) is 0. The predicted molar refractivity (Wildman–Crippen MR) is 86.1 cm³/mol. The van der Waals surface area contributed by atoms with E-state index < -0.39 is 21.6 Å². The van der Waals surface area contributed by atoms with Crippen LogP contribution in [0.5, 0.6) is 0 Å². The lowest BCUT2D eigenvalue weighted by Crippen LogP contribution is -2.47. The van der Waals surface area contributed by atoms with Crippen LogP contribution < -0.4 is 0 Å². The molecule has 0 saturated carbocycles. The first-order valence-electron chi connectivity index (χ1n) is 8.37. The smallest absolute Gasteiger partial charge is 0.355 e. The summed E-state index contributed by atoms with van der Waals surface area (Å²) in [6.45, 7) is 1.51. The summed E-state index contributed by atoms with van der Waals surface area (Å²) in [6.07, 6.45) is 4.01. The summed E-state index contributed by atoms with van der Waals surface area (Å²) < 4.78 is 36.7. The average molecular weight is 360 g/mol. The number of ether oxygens (including phenoxy) is 2. The van der Waals surface area contributed by atoms with Crippen molar-refractivity contribution in [1.82, 2.24) is 4.31 Å². The number of rotatable bonds is 5. The molecule has 136 valence electrons. The van der Waals surface area contributed by atoms with Gasteiger partial charge >= 0.3 is 5.97 Å². The van der Waals surface area contributed by atoms with Crippen LogP contribution in [-0.2, 0) is 29.1 Å². The van der Waals surface area contributed by atoms with Gasteiger partial charge in [0.15, 0.2) is 5.71 Å². The van der Waals surface area contributed by atoms with Gasteiger partial charge in [0.1, 0.15) is 5.60 Å². The van der Waals surface area contributed by atoms with Crippen molar-refractivity contribution in [2.24, 2.45) is 5.16 Å². The van der Waals surface area contributed by atoms with Gasteiger partial charge in [0.2, 0.25) is 10.0 Å². The molecule has 3 rings (SSSR count). The SMILES string of the molecule is COC(=O)C1=NOC2(CCN(S(=O)(=O)CC[C@@H]3CCCO3)CC2)C1. The highest BCUT2D eigenvalue weighted by molar-refractivity contribution is 7.89. The molecule has 0 N–H and O–H groups in total. The van der Waals surface area contributed by atoms with Crippen LogP contribution in [0.15, 0.2) is 5.16 Å². The fourth-order valence-electron chi connectivity index (χ4n) is 3.47. The number of oxime groups is 1. The van der Waals surface area contributed by atoms with Gasteiger partial charge in [-0.2, -0.15) is 0 Å². The Morgan fingerprint density at radius 3 is 2.79 bits per heavy atom. The standard InChI is InChI=1S/C15H24N2O6S/c1-21-14(18)13-11-15(23-16-13)5-7-17(8-6-15)24(19,20)10-4-12-3-2-9-22-12/h12H,2-11H2,1H3/t12-/m0/s1. The zero-order valence-corrected chi connectivity index (χ0v) is 14.7. The quantitative estimate of drug-likeness (QED) is 0.669. The van der Waals surface area contributed by atoms with E-state index in [1.807, 2.05) is 0 Å². The van der Waals surface area contributed by atoms with E-state index in [4.69, 9.17) is 9.57 Å².